The Labute approximate surface area is 218 Å². The molecule has 1 rings (SSSR count). The number of nitrogens with one attached hydrogen (secondary N) is 1. The van der Waals surface area contributed by atoms with Crippen molar-refractivity contribution in [3.8, 4) is 0 Å². The van der Waals surface area contributed by atoms with Crippen molar-refractivity contribution in [3.63, 3.8) is 0 Å². The van der Waals surface area contributed by atoms with Crippen LogP contribution in [0.4, 0.5) is 5.69 Å². The minimum atomic E-state index is -1.36. The number of hydrogen-bond donors (Lipinski definition) is 7. The maximum absolute atomic E-state index is 13.4. The van der Waals surface area contributed by atoms with Crippen molar-refractivity contribution in [1.82, 2.24) is 4.90 Å². The summed E-state index contributed by atoms with van der Waals surface area (Å²) < 4.78 is 0.681. The Morgan fingerprint density at radius 2 is 1.39 bits per heavy atom. The predicted molar refractivity (Wildman–Crippen MR) is 136 cm³/mol. The minimum Gasteiger partial charge on any atom is -0.394 e. The van der Waals surface area contributed by atoms with Gasteiger partial charge in [0.15, 0.2) is 0 Å². The second kappa shape index (κ2) is 12.8. The van der Waals surface area contributed by atoms with Gasteiger partial charge in [-0.25, -0.2) is 0 Å². The number of anilines is 1. The van der Waals surface area contributed by atoms with Crippen LogP contribution in [0.1, 0.15) is 27.6 Å². The molecule has 0 aliphatic heterocycles. The average molecular weight is 777 g/mol. The molecule has 31 heavy (non-hydrogen) atoms. The molecule has 3 amide bonds. The van der Waals surface area contributed by atoms with Crippen LogP contribution in [0.5, 0.6) is 0 Å². The van der Waals surface area contributed by atoms with Gasteiger partial charge in [0.2, 0.25) is 0 Å². The second-order valence-corrected chi connectivity index (χ2v) is 9.72. The van der Waals surface area contributed by atoms with E-state index in [1.807, 2.05) is 0 Å². The van der Waals surface area contributed by atoms with E-state index in [2.05, 4.69) is 5.32 Å². The molecule has 0 aliphatic carbocycles. The molecule has 0 saturated carbocycles. The first kappa shape index (κ1) is 28.7. The lowest BCUT2D eigenvalue weighted by atomic mass is 10.1. The van der Waals surface area contributed by atoms with Crippen molar-refractivity contribution in [1.29, 1.82) is 0 Å². The summed E-state index contributed by atoms with van der Waals surface area (Å²) in [6.45, 7) is -0.793. The number of aliphatic hydroxyl groups is 5. The van der Waals surface area contributed by atoms with Crippen LogP contribution < -0.4 is 11.1 Å². The van der Waals surface area contributed by atoms with Crippen molar-refractivity contribution in [2.45, 2.75) is 25.2 Å². The highest BCUT2D eigenvalue weighted by atomic mass is 127. The third-order valence-electron chi connectivity index (χ3n) is 3.98. The molecule has 8 N–H and O–H groups in total. The van der Waals surface area contributed by atoms with Crippen molar-refractivity contribution >= 4 is 91.2 Å². The van der Waals surface area contributed by atoms with Crippen LogP contribution in [0.2, 0.25) is 0 Å². The molecule has 0 bridgehead atoms. The monoisotopic (exact) mass is 777 g/mol. The van der Waals surface area contributed by atoms with Crippen LogP contribution in [0.25, 0.3) is 0 Å². The summed E-state index contributed by atoms with van der Waals surface area (Å²) in [5, 5.41) is 49.9. The number of halogens is 3. The first-order valence-corrected chi connectivity index (χ1v) is 12.0. The Morgan fingerprint density at radius 1 is 0.935 bits per heavy atom. The molecule has 3 unspecified atom stereocenters. The normalized spacial score (nSPS) is 14.0. The summed E-state index contributed by atoms with van der Waals surface area (Å²) in [5.41, 5.74) is 5.52. The van der Waals surface area contributed by atoms with Gasteiger partial charge in [-0.2, -0.15) is 0 Å². The minimum absolute atomic E-state index is 0.0313. The summed E-state index contributed by atoms with van der Waals surface area (Å²) in [6.07, 6.45) is -4.00. The third-order valence-corrected chi connectivity index (χ3v) is 7.21. The molecule has 0 aromatic heterocycles. The van der Waals surface area contributed by atoms with Gasteiger partial charge in [0.25, 0.3) is 17.7 Å². The van der Waals surface area contributed by atoms with Gasteiger partial charge in [0.1, 0.15) is 6.10 Å². The number of aliphatic hydroxyl groups excluding tert-OH is 5. The van der Waals surface area contributed by atoms with E-state index in [-0.39, 0.29) is 40.6 Å². The first-order valence-electron chi connectivity index (χ1n) is 8.73. The number of rotatable bonds is 10. The summed E-state index contributed by atoms with van der Waals surface area (Å²) in [7, 11) is 0. The van der Waals surface area contributed by atoms with E-state index in [9.17, 15) is 29.7 Å². The van der Waals surface area contributed by atoms with Crippen LogP contribution >= 0.6 is 67.8 Å². The smallest absolute Gasteiger partial charge is 0.256 e. The van der Waals surface area contributed by atoms with Crippen LogP contribution in [-0.4, -0.2) is 92.8 Å². The molecule has 11 nitrogen and oxygen atoms in total. The van der Waals surface area contributed by atoms with Crippen LogP contribution in [0.3, 0.4) is 0 Å². The van der Waals surface area contributed by atoms with Crippen LogP contribution in [0, 0.1) is 10.7 Å². The molecule has 1 aromatic carbocycles. The van der Waals surface area contributed by atoms with E-state index in [0.717, 1.165) is 4.90 Å². The molecular weight excluding hydrogens is 755 g/mol. The van der Waals surface area contributed by atoms with Crippen molar-refractivity contribution < 1.29 is 39.9 Å². The Hall–Kier alpha value is -0.380. The highest BCUT2D eigenvalue weighted by Gasteiger charge is 2.31. The van der Waals surface area contributed by atoms with Gasteiger partial charge in [-0.3, -0.25) is 14.4 Å². The lowest BCUT2D eigenvalue weighted by Gasteiger charge is -2.28. The Morgan fingerprint density at radius 3 is 1.77 bits per heavy atom. The Balaban J connectivity index is 3.69. The van der Waals surface area contributed by atoms with Crippen molar-refractivity contribution in [2.24, 2.45) is 5.73 Å². The molecule has 14 heteroatoms. The fourth-order valence-corrected chi connectivity index (χ4v) is 6.86. The summed E-state index contributed by atoms with van der Waals surface area (Å²) in [6, 6.07) is 0. The lowest BCUT2D eigenvalue weighted by Crippen LogP contribution is -2.44. The van der Waals surface area contributed by atoms with Gasteiger partial charge in [-0.1, -0.05) is 0 Å². The van der Waals surface area contributed by atoms with E-state index >= 15 is 0 Å². The number of primary amides is 1. The maximum Gasteiger partial charge on any atom is 0.256 e. The van der Waals surface area contributed by atoms with E-state index in [4.69, 9.17) is 15.9 Å². The second-order valence-electron chi connectivity index (χ2n) is 6.48. The largest absolute Gasteiger partial charge is 0.394 e. The predicted octanol–water partition coefficient (Wildman–Crippen LogP) is -0.933. The maximum atomic E-state index is 13.4. The fraction of sp³-hybridized carbons (Fsp3) is 0.471. The Bertz CT molecular complexity index is 841. The molecule has 0 heterocycles. The number of hydrogen-bond acceptors (Lipinski definition) is 8. The standard InChI is InChI=1S/C17H22I3N3O8/c1-6(26)16(30)22-14-12(19)9(15(21)29)11(18)10(13(14)20)17(31)23(2-7(27)4-24)3-8(28)5-25/h6-8,24-28H,2-5H2,1H3,(H2,21,29)(H,22,30). The highest BCUT2D eigenvalue weighted by Crippen LogP contribution is 2.36. The number of nitrogens with two attached hydrogens (primary N) is 1. The fourth-order valence-electron chi connectivity index (χ4n) is 2.43. The summed E-state index contributed by atoms with van der Waals surface area (Å²) in [4.78, 5) is 38.5. The lowest BCUT2D eigenvalue weighted by molar-refractivity contribution is -0.123. The zero-order chi connectivity index (χ0) is 24.0. The number of benzene rings is 1. The molecule has 0 spiro atoms. The van der Waals surface area contributed by atoms with Crippen LogP contribution in [0.15, 0.2) is 0 Å². The van der Waals surface area contributed by atoms with Gasteiger partial charge in [0, 0.05) is 16.7 Å². The third kappa shape index (κ3) is 7.30. The zero-order valence-corrected chi connectivity index (χ0v) is 22.7. The van der Waals surface area contributed by atoms with Gasteiger partial charge in [0.05, 0.1) is 49.4 Å². The van der Waals surface area contributed by atoms with Gasteiger partial charge in [-0.15, -0.1) is 0 Å². The summed E-state index contributed by atoms with van der Waals surface area (Å²) in [5.74, 6) is -2.36. The van der Waals surface area contributed by atoms with Gasteiger partial charge in [-0.05, 0) is 74.7 Å². The van der Waals surface area contributed by atoms with Crippen molar-refractivity contribution in [2.75, 3.05) is 31.6 Å². The molecule has 0 aliphatic rings. The van der Waals surface area contributed by atoms with E-state index in [1.54, 1.807) is 67.8 Å². The molecule has 0 radical (unpaired) electrons. The first-order chi connectivity index (χ1) is 14.4. The SMILES string of the molecule is CC(O)C(=O)Nc1c(I)c(C(N)=O)c(I)c(C(=O)N(CC(O)CO)CC(O)CO)c1I. The van der Waals surface area contributed by atoms with E-state index in [1.165, 1.54) is 6.92 Å². The summed E-state index contributed by atoms with van der Waals surface area (Å²) >= 11 is 5.35. The van der Waals surface area contributed by atoms with Crippen molar-refractivity contribution in [3.05, 3.63) is 21.8 Å². The van der Waals surface area contributed by atoms with E-state index in [0.29, 0.717) is 0 Å². The zero-order valence-electron chi connectivity index (χ0n) is 16.2. The molecule has 174 valence electrons. The Kier molecular flexibility index (Phi) is 11.8. The number of carbonyl (C=O) groups excluding carboxylic acids is 3. The van der Waals surface area contributed by atoms with E-state index < -0.39 is 49.2 Å². The topological polar surface area (TPSA) is 194 Å². The van der Waals surface area contributed by atoms with Gasteiger partial charge >= 0.3 is 0 Å². The molecule has 0 saturated heterocycles. The molecule has 0 fully saturated rings. The average Bonchev–Trinajstić information content (AvgIpc) is 2.69. The molecule has 1 aromatic rings. The van der Waals surface area contributed by atoms with Crippen LogP contribution in [-0.2, 0) is 4.79 Å². The number of amides is 3. The highest BCUT2D eigenvalue weighted by molar-refractivity contribution is 14.1. The quantitative estimate of drug-likeness (QED) is 0.148. The number of nitrogens with zero attached hydrogens (tertiary/aromatic N) is 1. The molecule has 3 atom stereocenters. The molecular formula is C17H22I3N3O8. The van der Waals surface area contributed by atoms with Gasteiger partial charge < -0.3 is 41.5 Å². The number of carbonyl (C=O) groups is 3.